The summed E-state index contributed by atoms with van der Waals surface area (Å²) in [6, 6.07) is 8.04. The van der Waals surface area contributed by atoms with Gasteiger partial charge in [0.1, 0.15) is 11.6 Å². The number of thioether (sulfide) groups is 1. The zero-order chi connectivity index (χ0) is 15.9. The second-order valence-corrected chi connectivity index (χ2v) is 6.13. The molecular formula is C15H21N5OS. The molecule has 7 heteroatoms. The SMILES string of the molecule is Cc1cccc(OCCSCc2nc(N)nc(N(C)C)n2)c1. The van der Waals surface area contributed by atoms with Crippen LogP contribution in [0.25, 0.3) is 0 Å². The molecule has 2 aromatic rings. The van der Waals surface area contributed by atoms with Gasteiger partial charge in [0.15, 0.2) is 0 Å². The molecule has 118 valence electrons. The lowest BCUT2D eigenvalue weighted by atomic mass is 10.2. The molecule has 0 saturated heterocycles. The molecule has 2 rings (SSSR count). The van der Waals surface area contributed by atoms with Crippen LogP contribution in [0.15, 0.2) is 24.3 Å². The molecule has 0 radical (unpaired) electrons. The lowest BCUT2D eigenvalue weighted by Gasteiger charge is -2.11. The summed E-state index contributed by atoms with van der Waals surface area (Å²) in [5.41, 5.74) is 6.89. The molecule has 6 nitrogen and oxygen atoms in total. The van der Waals surface area contributed by atoms with Crippen LogP contribution >= 0.6 is 11.8 Å². The molecular weight excluding hydrogens is 298 g/mol. The third-order valence-corrected chi connectivity index (χ3v) is 3.72. The standard InChI is InChI=1S/C15H21N5OS/c1-11-5-4-6-12(9-11)21-7-8-22-10-13-17-14(16)19-15(18-13)20(2)3/h4-6,9H,7-8,10H2,1-3H3,(H2,16,17,18,19). The summed E-state index contributed by atoms with van der Waals surface area (Å²) in [4.78, 5) is 14.4. The summed E-state index contributed by atoms with van der Waals surface area (Å²) >= 11 is 1.71. The van der Waals surface area contributed by atoms with Gasteiger partial charge in [-0.05, 0) is 24.6 Å². The van der Waals surface area contributed by atoms with Gasteiger partial charge >= 0.3 is 0 Å². The van der Waals surface area contributed by atoms with Gasteiger partial charge in [-0.15, -0.1) is 0 Å². The zero-order valence-corrected chi connectivity index (χ0v) is 13.9. The van der Waals surface area contributed by atoms with Crippen LogP contribution in [-0.2, 0) is 5.75 Å². The molecule has 0 atom stereocenters. The number of benzene rings is 1. The lowest BCUT2D eigenvalue weighted by molar-refractivity contribution is 0.343. The van der Waals surface area contributed by atoms with Gasteiger partial charge in [0.25, 0.3) is 0 Å². The molecule has 0 aliphatic rings. The molecule has 1 aromatic heterocycles. The smallest absolute Gasteiger partial charge is 0.229 e. The van der Waals surface area contributed by atoms with E-state index >= 15 is 0 Å². The summed E-state index contributed by atoms with van der Waals surface area (Å²) in [6.45, 7) is 2.70. The molecule has 1 aromatic carbocycles. The molecule has 0 saturated carbocycles. The molecule has 0 spiro atoms. The maximum Gasteiger partial charge on any atom is 0.229 e. The van der Waals surface area contributed by atoms with Crippen molar-refractivity contribution in [3.63, 3.8) is 0 Å². The molecule has 22 heavy (non-hydrogen) atoms. The first-order valence-electron chi connectivity index (χ1n) is 6.99. The van der Waals surface area contributed by atoms with Crippen LogP contribution in [0.3, 0.4) is 0 Å². The summed E-state index contributed by atoms with van der Waals surface area (Å²) in [5, 5.41) is 0. The molecule has 0 bridgehead atoms. The fourth-order valence-corrected chi connectivity index (χ4v) is 2.43. The predicted octanol–water partition coefficient (Wildman–Crippen LogP) is 2.14. The monoisotopic (exact) mass is 319 g/mol. The van der Waals surface area contributed by atoms with E-state index in [4.69, 9.17) is 10.5 Å². The Balaban J connectivity index is 1.77. The quantitative estimate of drug-likeness (QED) is 0.783. The van der Waals surface area contributed by atoms with Crippen molar-refractivity contribution >= 4 is 23.7 Å². The Morgan fingerprint density at radius 2 is 2.05 bits per heavy atom. The minimum atomic E-state index is 0.255. The molecule has 0 aliphatic heterocycles. The van der Waals surface area contributed by atoms with Crippen LogP contribution in [0.1, 0.15) is 11.4 Å². The van der Waals surface area contributed by atoms with E-state index < -0.39 is 0 Å². The topological polar surface area (TPSA) is 77.2 Å². The van der Waals surface area contributed by atoms with Crippen molar-refractivity contribution in [1.29, 1.82) is 0 Å². The Morgan fingerprint density at radius 1 is 1.23 bits per heavy atom. The maximum atomic E-state index is 5.70. The number of hydrogen-bond donors (Lipinski definition) is 1. The summed E-state index contributed by atoms with van der Waals surface area (Å²) in [6.07, 6.45) is 0. The number of ether oxygens (including phenoxy) is 1. The Morgan fingerprint density at radius 3 is 2.77 bits per heavy atom. The highest BCUT2D eigenvalue weighted by Gasteiger charge is 2.06. The largest absolute Gasteiger partial charge is 0.493 e. The fourth-order valence-electron chi connectivity index (χ4n) is 1.78. The molecule has 0 aliphatic carbocycles. The van der Waals surface area contributed by atoms with Gasteiger partial charge in [0.05, 0.1) is 12.4 Å². The first kappa shape index (κ1) is 16.4. The van der Waals surface area contributed by atoms with Gasteiger partial charge in [0, 0.05) is 19.8 Å². The van der Waals surface area contributed by atoms with Gasteiger partial charge < -0.3 is 15.4 Å². The van der Waals surface area contributed by atoms with Crippen LogP contribution in [0, 0.1) is 6.92 Å². The number of rotatable bonds is 7. The van der Waals surface area contributed by atoms with Gasteiger partial charge in [-0.1, -0.05) is 12.1 Å². The molecule has 0 unspecified atom stereocenters. The van der Waals surface area contributed by atoms with E-state index in [1.807, 2.05) is 37.2 Å². The van der Waals surface area contributed by atoms with E-state index in [9.17, 15) is 0 Å². The molecule has 2 N–H and O–H groups in total. The highest BCUT2D eigenvalue weighted by Crippen LogP contribution is 2.15. The second-order valence-electron chi connectivity index (χ2n) is 5.02. The van der Waals surface area contributed by atoms with Gasteiger partial charge in [0.2, 0.25) is 11.9 Å². The van der Waals surface area contributed by atoms with Crippen molar-refractivity contribution in [3.05, 3.63) is 35.7 Å². The van der Waals surface area contributed by atoms with E-state index in [-0.39, 0.29) is 5.95 Å². The van der Waals surface area contributed by atoms with Crippen LogP contribution in [-0.4, -0.2) is 41.4 Å². The minimum Gasteiger partial charge on any atom is -0.493 e. The van der Waals surface area contributed by atoms with Crippen LogP contribution in [0.2, 0.25) is 0 Å². The average Bonchev–Trinajstić information content (AvgIpc) is 2.46. The third-order valence-electron chi connectivity index (χ3n) is 2.80. The maximum absolute atomic E-state index is 5.70. The molecule has 1 heterocycles. The fraction of sp³-hybridized carbons (Fsp3) is 0.400. The van der Waals surface area contributed by atoms with Gasteiger partial charge in [-0.3, -0.25) is 0 Å². The molecule has 0 amide bonds. The van der Waals surface area contributed by atoms with Gasteiger partial charge in [-0.2, -0.15) is 26.7 Å². The van der Waals surface area contributed by atoms with E-state index in [2.05, 4.69) is 27.9 Å². The van der Waals surface area contributed by atoms with Crippen molar-refractivity contribution in [2.45, 2.75) is 12.7 Å². The lowest BCUT2D eigenvalue weighted by Crippen LogP contribution is -2.16. The number of anilines is 2. The normalized spacial score (nSPS) is 10.5. The van der Waals surface area contributed by atoms with E-state index in [0.717, 1.165) is 11.5 Å². The number of nitrogen functional groups attached to an aromatic ring is 1. The third kappa shape index (κ3) is 5.07. The van der Waals surface area contributed by atoms with Crippen molar-refractivity contribution in [3.8, 4) is 5.75 Å². The van der Waals surface area contributed by atoms with E-state index in [1.54, 1.807) is 11.8 Å². The van der Waals surface area contributed by atoms with Crippen LogP contribution in [0.4, 0.5) is 11.9 Å². The van der Waals surface area contributed by atoms with Crippen LogP contribution in [0.5, 0.6) is 5.75 Å². The Bertz CT molecular complexity index is 621. The zero-order valence-electron chi connectivity index (χ0n) is 13.1. The second kappa shape index (κ2) is 7.84. The highest BCUT2D eigenvalue weighted by atomic mass is 32.2. The van der Waals surface area contributed by atoms with Crippen molar-refractivity contribution in [2.75, 3.05) is 37.1 Å². The van der Waals surface area contributed by atoms with E-state index in [0.29, 0.717) is 24.1 Å². The first-order chi connectivity index (χ1) is 10.5. The number of aryl methyl sites for hydroxylation is 1. The number of hydrogen-bond acceptors (Lipinski definition) is 7. The van der Waals surface area contributed by atoms with Crippen LogP contribution < -0.4 is 15.4 Å². The first-order valence-corrected chi connectivity index (χ1v) is 8.15. The summed E-state index contributed by atoms with van der Waals surface area (Å²) in [5.74, 6) is 3.97. The van der Waals surface area contributed by atoms with Crippen molar-refractivity contribution < 1.29 is 4.74 Å². The van der Waals surface area contributed by atoms with E-state index in [1.165, 1.54) is 5.56 Å². The summed E-state index contributed by atoms with van der Waals surface area (Å²) in [7, 11) is 3.75. The predicted molar refractivity (Wildman–Crippen MR) is 91.4 cm³/mol. The average molecular weight is 319 g/mol. The summed E-state index contributed by atoms with van der Waals surface area (Å²) < 4.78 is 5.70. The Hall–Kier alpha value is -2.02. The number of nitrogens with zero attached hydrogens (tertiary/aromatic N) is 4. The minimum absolute atomic E-state index is 0.255. The Labute approximate surface area is 135 Å². The highest BCUT2D eigenvalue weighted by molar-refractivity contribution is 7.98. The van der Waals surface area contributed by atoms with Gasteiger partial charge in [-0.25, -0.2) is 0 Å². The molecule has 0 fully saturated rings. The van der Waals surface area contributed by atoms with Crippen molar-refractivity contribution in [1.82, 2.24) is 15.0 Å². The number of aromatic nitrogens is 3. The Kier molecular flexibility index (Phi) is 5.83. The van der Waals surface area contributed by atoms with Crippen molar-refractivity contribution in [2.24, 2.45) is 0 Å². The number of nitrogens with two attached hydrogens (primary N) is 1.